The number of hydrogen-bond donors (Lipinski definition) is 0. The van der Waals surface area contributed by atoms with Gasteiger partial charge in [0.2, 0.25) is 0 Å². The lowest BCUT2D eigenvalue weighted by Gasteiger charge is -2.07. The fourth-order valence-corrected chi connectivity index (χ4v) is 3.02. The Labute approximate surface area is 133 Å². The van der Waals surface area contributed by atoms with Crippen molar-refractivity contribution >= 4 is 22.9 Å². The van der Waals surface area contributed by atoms with Crippen LogP contribution in [0, 0.1) is 0 Å². The number of halogens is 1. The molecule has 0 saturated carbocycles. The highest BCUT2D eigenvalue weighted by atomic mass is 35.5. The predicted molar refractivity (Wildman–Crippen MR) is 87.9 cm³/mol. The second-order valence-corrected chi connectivity index (χ2v) is 5.71. The van der Waals surface area contributed by atoms with Crippen molar-refractivity contribution < 1.29 is 4.74 Å². The lowest BCUT2D eigenvalue weighted by molar-refractivity contribution is 0.306. The van der Waals surface area contributed by atoms with Crippen molar-refractivity contribution in [2.75, 3.05) is 0 Å². The van der Waals surface area contributed by atoms with Gasteiger partial charge >= 0.3 is 0 Å². The minimum Gasteiger partial charge on any atom is -0.489 e. The maximum absolute atomic E-state index is 5.80. The molecule has 21 heavy (non-hydrogen) atoms. The molecule has 0 bridgehead atoms. The SMILES string of the molecule is ClCc1csc(-c2cccc(COc3ccccc3)c2)n1. The van der Waals surface area contributed by atoms with Crippen LogP contribution < -0.4 is 4.74 Å². The average Bonchev–Trinajstić information content (AvgIpc) is 3.03. The molecule has 0 aliphatic heterocycles. The molecule has 1 aromatic heterocycles. The average molecular weight is 316 g/mol. The number of nitrogens with zero attached hydrogens (tertiary/aromatic N) is 1. The minimum atomic E-state index is 0.452. The highest BCUT2D eigenvalue weighted by Gasteiger charge is 2.05. The van der Waals surface area contributed by atoms with Gasteiger partial charge in [0.15, 0.2) is 0 Å². The first-order valence-electron chi connectivity index (χ1n) is 6.62. The molecular weight excluding hydrogens is 302 g/mol. The largest absolute Gasteiger partial charge is 0.489 e. The topological polar surface area (TPSA) is 22.1 Å². The van der Waals surface area contributed by atoms with E-state index in [4.69, 9.17) is 16.3 Å². The molecule has 0 amide bonds. The summed E-state index contributed by atoms with van der Waals surface area (Å²) in [5.41, 5.74) is 3.15. The molecule has 0 unspecified atom stereocenters. The molecular formula is C17H14ClNOS. The van der Waals surface area contributed by atoms with Gasteiger partial charge in [-0.1, -0.05) is 36.4 Å². The smallest absolute Gasteiger partial charge is 0.123 e. The van der Waals surface area contributed by atoms with Crippen LogP contribution in [0.4, 0.5) is 0 Å². The van der Waals surface area contributed by atoms with Gasteiger partial charge in [-0.2, -0.15) is 0 Å². The van der Waals surface area contributed by atoms with Crippen molar-refractivity contribution in [3.63, 3.8) is 0 Å². The Morgan fingerprint density at radius 1 is 1.05 bits per heavy atom. The van der Waals surface area contributed by atoms with Crippen molar-refractivity contribution in [1.82, 2.24) is 4.98 Å². The summed E-state index contributed by atoms with van der Waals surface area (Å²) >= 11 is 7.41. The Bertz CT molecular complexity index is 712. The van der Waals surface area contributed by atoms with Crippen LogP contribution >= 0.6 is 22.9 Å². The zero-order valence-electron chi connectivity index (χ0n) is 11.3. The van der Waals surface area contributed by atoms with Gasteiger partial charge in [0, 0.05) is 10.9 Å². The highest BCUT2D eigenvalue weighted by molar-refractivity contribution is 7.13. The van der Waals surface area contributed by atoms with E-state index >= 15 is 0 Å². The molecule has 0 saturated heterocycles. The predicted octanol–water partition coefficient (Wildman–Crippen LogP) is 5.13. The summed E-state index contributed by atoms with van der Waals surface area (Å²) in [6, 6.07) is 18.1. The van der Waals surface area contributed by atoms with E-state index in [1.54, 1.807) is 11.3 Å². The molecule has 3 aromatic rings. The summed E-state index contributed by atoms with van der Waals surface area (Å²) in [6.45, 7) is 0.547. The zero-order chi connectivity index (χ0) is 14.5. The van der Waals surface area contributed by atoms with Gasteiger partial charge in [-0.3, -0.25) is 0 Å². The van der Waals surface area contributed by atoms with Gasteiger partial charge in [-0.25, -0.2) is 4.98 Å². The first-order valence-corrected chi connectivity index (χ1v) is 8.04. The molecule has 0 aliphatic rings. The van der Waals surface area contributed by atoms with Crippen molar-refractivity contribution in [2.45, 2.75) is 12.5 Å². The van der Waals surface area contributed by atoms with Gasteiger partial charge in [0.05, 0.1) is 11.6 Å². The number of hydrogen-bond acceptors (Lipinski definition) is 3. The third-order valence-corrected chi connectivity index (χ3v) is 4.23. The normalized spacial score (nSPS) is 10.5. The summed E-state index contributed by atoms with van der Waals surface area (Å²) in [7, 11) is 0. The summed E-state index contributed by atoms with van der Waals surface area (Å²) in [5.74, 6) is 1.33. The summed E-state index contributed by atoms with van der Waals surface area (Å²) in [4.78, 5) is 4.50. The first-order chi connectivity index (χ1) is 10.3. The summed E-state index contributed by atoms with van der Waals surface area (Å²) in [5, 5.41) is 2.99. The third kappa shape index (κ3) is 3.63. The van der Waals surface area contributed by atoms with Crippen LogP contribution in [0.3, 0.4) is 0 Å². The molecule has 106 valence electrons. The summed E-state index contributed by atoms with van der Waals surface area (Å²) in [6.07, 6.45) is 0. The van der Waals surface area contributed by atoms with Gasteiger partial charge in [-0.05, 0) is 23.8 Å². The van der Waals surface area contributed by atoms with Crippen molar-refractivity contribution in [2.24, 2.45) is 0 Å². The summed E-state index contributed by atoms with van der Waals surface area (Å²) < 4.78 is 5.77. The van der Waals surface area contributed by atoms with E-state index in [0.717, 1.165) is 27.6 Å². The van der Waals surface area contributed by atoms with Gasteiger partial charge < -0.3 is 4.74 Å². The Balaban J connectivity index is 1.74. The Kier molecular flexibility index (Phi) is 4.53. The first kappa shape index (κ1) is 14.1. The minimum absolute atomic E-state index is 0.452. The van der Waals surface area contributed by atoms with Crippen molar-refractivity contribution in [3.8, 4) is 16.3 Å². The second-order valence-electron chi connectivity index (χ2n) is 4.58. The van der Waals surface area contributed by atoms with Crippen molar-refractivity contribution in [1.29, 1.82) is 0 Å². The van der Waals surface area contributed by atoms with E-state index in [-0.39, 0.29) is 0 Å². The fraction of sp³-hybridized carbons (Fsp3) is 0.118. The quantitative estimate of drug-likeness (QED) is 0.609. The third-order valence-electron chi connectivity index (χ3n) is 3.01. The van der Waals surface area contributed by atoms with Crippen molar-refractivity contribution in [3.05, 3.63) is 71.2 Å². The maximum atomic E-state index is 5.80. The van der Waals surface area contributed by atoms with Crippen LogP contribution in [0.2, 0.25) is 0 Å². The number of aromatic nitrogens is 1. The number of rotatable bonds is 5. The highest BCUT2D eigenvalue weighted by Crippen LogP contribution is 2.25. The van der Waals surface area contributed by atoms with E-state index < -0.39 is 0 Å². The fourth-order valence-electron chi connectivity index (χ4n) is 1.98. The Hall–Kier alpha value is -1.84. The molecule has 0 atom stereocenters. The molecule has 4 heteroatoms. The van der Waals surface area contributed by atoms with E-state index in [1.807, 2.05) is 41.8 Å². The Morgan fingerprint density at radius 3 is 2.67 bits per heavy atom. The van der Waals surface area contributed by atoms with E-state index in [9.17, 15) is 0 Å². The number of alkyl halides is 1. The van der Waals surface area contributed by atoms with Crippen LogP contribution in [0.15, 0.2) is 60.0 Å². The Morgan fingerprint density at radius 2 is 1.90 bits per heavy atom. The van der Waals surface area contributed by atoms with E-state index in [0.29, 0.717) is 12.5 Å². The number of benzene rings is 2. The molecule has 0 fully saturated rings. The van der Waals surface area contributed by atoms with Gasteiger partial charge in [0.25, 0.3) is 0 Å². The van der Waals surface area contributed by atoms with E-state index in [2.05, 4.69) is 23.2 Å². The molecule has 1 heterocycles. The number of ether oxygens (including phenoxy) is 1. The maximum Gasteiger partial charge on any atom is 0.123 e. The molecule has 3 rings (SSSR count). The lowest BCUT2D eigenvalue weighted by Crippen LogP contribution is -1.95. The molecule has 2 nitrogen and oxygen atoms in total. The molecule has 2 aromatic carbocycles. The van der Waals surface area contributed by atoms with Gasteiger partial charge in [-0.15, -0.1) is 22.9 Å². The zero-order valence-corrected chi connectivity index (χ0v) is 12.9. The molecule has 0 spiro atoms. The lowest BCUT2D eigenvalue weighted by atomic mass is 10.1. The second kappa shape index (κ2) is 6.74. The molecule has 0 aliphatic carbocycles. The van der Waals surface area contributed by atoms with Crippen LogP contribution in [-0.4, -0.2) is 4.98 Å². The van der Waals surface area contributed by atoms with Crippen LogP contribution in [-0.2, 0) is 12.5 Å². The van der Waals surface area contributed by atoms with Crippen LogP contribution in [0.5, 0.6) is 5.75 Å². The van der Waals surface area contributed by atoms with Crippen LogP contribution in [0.1, 0.15) is 11.3 Å². The standard InChI is InChI=1S/C17H14ClNOS/c18-10-15-12-21-17(19-15)14-6-4-5-13(9-14)11-20-16-7-2-1-3-8-16/h1-9,12H,10-11H2. The van der Waals surface area contributed by atoms with Gasteiger partial charge in [0.1, 0.15) is 17.4 Å². The molecule has 0 N–H and O–H groups in total. The molecule has 0 radical (unpaired) electrons. The number of thiazole rings is 1. The van der Waals surface area contributed by atoms with E-state index in [1.165, 1.54) is 0 Å². The van der Waals surface area contributed by atoms with Crippen LogP contribution in [0.25, 0.3) is 10.6 Å². The number of para-hydroxylation sites is 1. The monoisotopic (exact) mass is 315 g/mol.